The van der Waals surface area contributed by atoms with E-state index in [0.717, 1.165) is 24.2 Å². The molecule has 1 heterocycles. The first kappa shape index (κ1) is 13.6. The van der Waals surface area contributed by atoms with E-state index in [1.165, 1.54) is 43.2 Å². The summed E-state index contributed by atoms with van der Waals surface area (Å²) in [6.45, 7) is 2.19. The molecule has 0 atom stereocenters. The molecule has 0 radical (unpaired) electrons. The van der Waals surface area contributed by atoms with Crippen LogP contribution in [0, 0.1) is 0 Å². The first-order valence-electron chi connectivity index (χ1n) is 7.91. The third kappa shape index (κ3) is 2.59. The van der Waals surface area contributed by atoms with E-state index in [9.17, 15) is 0 Å². The van der Waals surface area contributed by atoms with Gasteiger partial charge in [-0.05, 0) is 44.0 Å². The van der Waals surface area contributed by atoms with Gasteiger partial charge < -0.3 is 10.3 Å². The Balaban J connectivity index is 1.86. The molecule has 1 aliphatic carbocycles. The third-order valence-electron chi connectivity index (χ3n) is 4.85. The summed E-state index contributed by atoms with van der Waals surface area (Å²) in [4.78, 5) is 8.31. The number of hydrogen-bond donors (Lipinski definition) is 2. The van der Waals surface area contributed by atoms with Crippen LogP contribution in [0.2, 0.25) is 0 Å². The molecule has 0 saturated heterocycles. The fourth-order valence-electron chi connectivity index (χ4n) is 3.48. The van der Waals surface area contributed by atoms with Crippen molar-refractivity contribution in [3.05, 3.63) is 29.6 Å². The Bertz CT molecular complexity index is 579. The molecular weight excluding hydrogens is 246 g/mol. The Labute approximate surface area is 121 Å². The first-order valence-corrected chi connectivity index (χ1v) is 7.91. The topological polar surface area (TPSA) is 40.7 Å². The molecule has 1 aliphatic rings. The van der Waals surface area contributed by atoms with Gasteiger partial charge in [0.1, 0.15) is 5.82 Å². The Kier molecular flexibility index (Phi) is 3.79. The maximum Gasteiger partial charge on any atom is 0.109 e. The minimum absolute atomic E-state index is 0.250. The second-order valence-electron chi connectivity index (χ2n) is 6.16. The van der Waals surface area contributed by atoms with Crippen molar-refractivity contribution < 1.29 is 0 Å². The number of aromatic nitrogens is 2. The molecule has 3 heteroatoms. The molecule has 0 amide bonds. The molecule has 0 bridgehead atoms. The van der Waals surface area contributed by atoms with Crippen molar-refractivity contribution in [3.8, 4) is 0 Å². The normalized spacial score (nSPS) is 18.5. The summed E-state index contributed by atoms with van der Waals surface area (Å²) in [5, 5.41) is 3.57. The van der Waals surface area contributed by atoms with Crippen LogP contribution in [0.3, 0.4) is 0 Å². The summed E-state index contributed by atoms with van der Waals surface area (Å²) in [5.41, 5.74) is 3.90. The fourth-order valence-corrected chi connectivity index (χ4v) is 3.48. The molecule has 2 aromatic rings. The lowest BCUT2D eigenvalue weighted by atomic mass is 9.79. The molecule has 1 aromatic heterocycles. The van der Waals surface area contributed by atoms with Crippen LogP contribution in [0.1, 0.15) is 50.4 Å². The highest BCUT2D eigenvalue weighted by atomic mass is 15.0. The van der Waals surface area contributed by atoms with Gasteiger partial charge in [0, 0.05) is 12.0 Å². The lowest BCUT2D eigenvalue weighted by molar-refractivity contribution is 0.241. The minimum atomic E-state index is 0.250. The second-order valence-corrected chi connectivity index (χ2v) is 6.16. The van der Waals surface area contributed by atoms with Crippen molar-refractivity contribution >= 4 is 11.0 Å². The van der Waals surface area contributed by atoms with Gasteiger partial charge >= 0.3 is 0 Å². The minimum Gasteiger partial charge on any atom is -0.342 e. The van der Waals surface area contributed by atoms with Gasteiger partial charge in [0.25, 0.3) is 0 Å². The molecule has 0 aliphatic heterocycles. The smallest absolute Gasteiger partial charge is 0.109 e. The summed E-state index contributed by atoms with van der Waals surface area (Å²) < 4.78 is 0. The summed E-state index contributed by atoms with van der Waals surface area (Å²) in [7, 11) is 2.10. The molecule has 3 nitrogen and oxygen atoms in total. The van der Waals surface area contributed by atoms with Crippen molar-refractivity contribution in [2.75, 3.05) is 7.05 Å². The Morgan fingerprint density at radius 2 is 2.05 bits per heavy atom. The molecule has 1 aromatic carbocycles. The Morgan fingerprint density at radius 1 is 1.25 bits per heavy atom. The molecule has 1 saturated carbocycles. The number of nitrogens with one attached hydrogen (secondary N) is 2. The number of benzene rings is 1. The second kappa shape index (κ2) is 5.57. The van der Waals surface area contributed by atoms with E-state index in [-0.39, 0.29) is 5.54 Å². The number of rotatable bonds is 4. The lowest BCUT2D eigenvalue weighted by Gasteiger charge is -2.36. The van der Waals surface area contributed by atoms with Gasteiger partial charge in [0.15, 0.2) is 0 Å². The van der Waals surface area contributed by atoms with Gasteiger partial charge in [0.2, 0.25) is 0 Å². The maximum absolute atomic E-state index is 4.78. The highest BCUT2D eigenvalue weighted by Gasteiger charge is 2.31. The molecule has 3 rings (SSSR count). The van der Waals surface area contributed by atoms with Crippen LogP contribution in [0.5, 0.6) is 0 Å². The summed E-state index contributed by atoms with van der Waals surface area (Å²) >= 11 is 0. The highest BCUT2D eigenvalue weighted by Crippen LogP contribution is 2.31. The van der Waals surface area contributed by atoms with Crippen LogP contribution < -0.4 is 5.32 Å². The van der Waals surface area contributed by atoms with E-state index in [1.807, 2.05) is 0 Å². The van der Waals surface area contributed by atoms with E-state index in [0.29, 0.717) is 0 Å². The van der Waals surface area contributed by atoms with Crippen molar-refractivity contribution in [2.45, 2.75) is 57.4 Å². The largest absolute Gasteiger partial charge is 0.342 e. The van der Waals surface area contributed by atoms with E-state index >= 15 is 0 Å². The number of aromatic amines is 1. The van der Waals surface area contributed by atoms with Gasteiger partial charge in [0.05, 0.1) is 11.0 Å². The average Bonchev–Trinajstić information content (AvgIpc) is 2.89. The van der Waals surface area contributed by atoms with Gasteiger partial charge in [-0.1, -0.05) is 32.3 Å². The van der Waals surface area contributed by atoms with Gasteiger partial charge in [-0.25, -0.2) is 4.98 Å². The van der Waals surface area contributed by atoms with Crippen molar-refractivity contribution in [3.63, 3.8) is 0 Å². The molecule has 1 fully saturated rings. The van der Waals surface area contributed by atoms with E-state index in [2.05, 4.69) is 42.5 Å². The number of nitrogens with zero attached hydrogens (tertiary/aromatic N) is 1. The number of H-pyrrole nitrogens is 1. The number of hydrogen-bond acceptors (Lipinski definition) is 2. The van der Waals surface area contributed by atoms with Crippen LogP contribution in [0.15, 0.2) is 18.2 Å². The zero-order chi connectivity index (χ0) is 14.0. The Hall–Kier alpha value is -1.35. The molecule has 20 heavy (non-hydrogen) atoms. The quantitative estimate of drug-likeness (QED) is 0.892. The molecule has 2 N–H and O–H groups in total. The standard InChI is InChI=1S/C17H25N3/c1-3-13-7-8-14-15(11-13)20-16(19-14)12-17(18-2)9-5-4-6-10-17/h7-8,11,18H,3-6,9-10,12H2,1-2H3,(H,19,20). The molecule has 0 spiro atoms. The monoisotopic (exact) mass is 271 g/mol. The predicted molar refractivity (Wildman–Crippen MR) is 84.1 cm³/mol. The number of aryl methyl sites for hydroxylation is 1. The van der Waals surface area contributed by atoms with Crippen LogP contribution in [0.4, 0.5) is 0 Å². The molecule has 108 valence electrons. The van der Waals surface area contributed by atoms with Gasteiger partial charge in [-0.3, -0.25) is 0 Å². The van der Waals surface area contributed by atoms with Crippen molar-refractivity contribution in [1.29, 1.82) is 0 Å². The van der Waals surface area contributed by atoms with Gasteiger partial charge in [-0.15, -0.1) is 0 Å². The SMILES string of the molecule is CCc1ccc2nc(CC3(NC)CCCCC3)[nH]c2c1. The predicted octanol–water partition coefficient (Wildman–Crippen LogP) is 3.59. The van der Waals surface area contributed by atoms with Crippen molar-refractivity contribution in [1.82, 2.24) is 15.3 Å². The third-order valence-corrected chi connectivity index (χ3v) is 4.85. The molecule has 0 unspecified atom stereocenters. The first-order chi connectivity index (χ1) is 9.74. The van der Waals surface area contributed by atoms with Crippen molar-refractivity contribution in [2.24, 2.45) is 0 Å². The fraction of sp³-hybridized carbons (Fsp3) is 0.588. The highest BCUT2D eigenvalue weighted by molar-refractivity contribution is 5.75. The number of fused-ring (bicyclic) bond motifs is 1. The number of likely N-dealkylation sites (N-methyl/N-ethyl adjacent to an activating group) is 1. The van der Waals surface area contributed by atoms with Crippen LogP contribution >= 0.6 is 0 Å². The zero-order valence-electron chi connectivity index (χ0n) is 12.6. The number of imidazole rings is 1. The lowest BCUT2D eigenvalue weighted by Crippen LogP contribution is -2.46. The summed E-state index contributed by atoms with van der Waals surface area (Å²) in [5.74, 6) is 1.13. The van der Waals surface area contributed by atoms with E-state index in [4.69, 9.17) is 4.98 Å². The summed E-state index contributed by atoms with van der Waals surface area (Å²) in [6, 6.07) is 6.56. The van der Waals surface area contributed by atoms with Gasteiger partial charge in [-0.2, -0.15) is 0 Å². The van der Waals surface area contributed by atoms with Crippen LogP contribution in [-0.2, 0) is 12.8 Å². The molecular formula is C17H25N3. The van der Waals surface area contributed by atoms with E-state index < -0.39 is 0 Å². The average molecular weight is 271 g/mol. The van der Waals surface area contributed by atoms with E-state index in [1.54, 1.807) is 0 Å². The maximum atomic E-state index is 4.78. The summed E-state index contributed by atoms with van der Waals surface area (Å²) in [6.07, 6.45) is 8.66. The zero-order valence-corrected chi connectivity index (χ0v) is 12.6. The van der Waals surface area contributed by atoms with Crippen LogP contribution in [-0.4, -0.2) is 22.6 Å². The van der Waals surface area contributed by atoms with Crippen LogP contribution in [0.25, 0.3) is 11.0 Å². The Morgan fingerprint density at radius 3 is 2.75 bits per heavy atom.